The summed E-state index contributed by atoms with van der Waals surface area (Å²) in [7, 11) is 0. The molecule has 0 radical (unpaired) electrons. The van der Waals surface area contributed by atoms with E-state index in [9.17, 15) is 0 Å². The lowest BCUT2D eigenvalue weighted by molar-refractivity contribution is 0.301. The maximum Gasteiger partial charge on any atom is 0.119 e. The first-order valence-electron chi connectivity index (χ1n) is 5.05. The fourth-order valence-corrected chi connectivity index (χ4v) is 1.17. The average Bonchev–Trinajstić information content (AvgIpc) is 2.10. The van der Waals surface area contributed by atoms with Crippen LogP contribution in [0.2, 0.25) is 0 Å². The van der Waals surface area contributed by atoms with Crippen molar-refractivity contribution < 1.29 is 4.74 Å². The summed E-state index contributed by atoms with van der Waals surface area (Å²) in [5.41, 5.74) is 8.19. The smallest absolute Gasteiger partial charge is 0.119 e. The average molecular weight is 193 g/mol. The number of rotatable bonds is 4. The molecule has 14 heavy (non-hydrogen) atoms. The van der Waals surface area contributed by atoms with Crippen molar-refractivity contribution in [3.05, 3.63) is 29.3 Å². The third-order valence-corrected chi connectivity index (χ3v) is 2.32. The highest BCUT2D eigenvalue weighted by atomic mass is 16.5. The van der Waals surface area contributed by atoms with Gasteiger partial charge in [0.05, 0.1) is 6.61 Å². The molecule has 0 spiro atoms. The van der Waals surface area contributed by atoms with Crippen LogP contribution in [0.3, 0.4) is 0 Å². The second-order valence-electron chi connectivity index (χ2n) is 3.86. The molecule has 78 valence electrons. The van der Waals surface area contributed by atoms with Crippen LogP contribution in [-0.4, -0.2) is 12.6 Å². The van der Waals surface area contributed by atoms with Crippen LogP contribution in [0.15, 0.2) is 18.2 Å². The van der Waals surface area contributed by atoms with Gasteiger partial charge in [0.1, 0.15) is 5.75 Å². The Morgan fingerprint density at radius 2 is 2.00 bits per heavy atom. The van der Waals surface area contributed by atoms with E-state index in [4.69, 9.17) is 10.5 Å². The molecule has 1 aromatic carbocycles. The van der Waals surface area contributed by atoms with E-state index in [2.05, 4.69) is 26.0 Å². The van der Waals surface area contributed by atoms with Gasteiger partial charge in [0.15, 0.2) is 0 Å². The van der Waals surface area contributed by atoms with Crippen molar-refractivity contribution in [3.63, 3.8) is 0 Å². The molecular formula is C12H19NO. The third-order valence-electron chi connectivity index (χ3n) is 2.32. The van der Waals surface area contributed by atoms with Crippen LogP contribution in [-0.2, 0) is 0 Å². The number of hydrogen-bond donors (Lipinski definition) is 1. The van der Waals surface area contributed by atoms with Crippen LogP contribution in [0.4, 0.5) is 0 Å². The number of benzene rings is 1. The van der Waals surface area contributed by atoms with Crippen molar-refractivity contribution in [1.29, 1.82) is 0 Å². The Morgan fingerprint density at radius 1 is 1.29 bits per heavy atom. The summed E-state index contributed by atoms with van der Waals surface area (Å²) in [4.78, 5) is 0. The standard InChI is InChI=1S/C12H19NO/c1-9-4-5-12(8-10(9)2)14-7-6-11(3)13/h4-5,8,11H,6-7,13H2,1-3H3. The molecule has 0 heterocycles. The zero-order valence-electron chi connectivity index (χ0n) is 9.21. The van der Waals surface area contributed by atoms with Gasteiger partial charge in [-0.15, -0.1) is 0 Å². The lowest BCUT2D eigenvalue weighted by Crippen LogP contribution is -2.18. The van der Waals surface area contributed by atoms with Crippen molar-refractivity contribution in [1.82, 2.24) is 0 Å². The summed E-state index contributed by atoms with van der Waals surface area (Å²) in [6, 6.07) is 6.36. The molecule has 0 aliphatic carbocycles. The fraction of sp³-hybridized carbons (Fsp3) is 0.500. The van der Waals surface area contributed by atoms with E-state index in [-0.39, 0.29) is 6.04 Å². The molecule has 1 atom stereocenters. The zero-order valence-corrected chi connectivity index (χ0v) is 9.21. The van der Waals surface area contributed by atoms with Gasteiger partial charge < -0.3 is 10.5 Å². The van der Waals surface area contributed by atoms with Crippen molar-refractivity contribution >= 4 is 0 Å². The van der Waals surface area contributed by atoms with Gasteiger partial charge in [-0.05, 0) is 50.5 Å². The van der Waals surface area contributed by atoms with Gasteiger partial charge in [-0.3, -0.25) is 0 Å². The van der Waals surface area contributed by atoms with Gasteiger partial charge in [0, 0.05) is 6.04 Å². The first kappa shape index (κ1) is 11.1. The molecule has 2 N–H and O–H groups in total. The van der Waals surface area contributed by atoms with E-state index >= 15 is 0 Å². The second kappa shape index (κ2) is 5.01. The first-order valence-corrected chi connectivity index (χ1v) is 5.05. The lowest BCUT2D eigenvalue weighted by atomic mass is 10.1. The molecule has 1 rings (SSSR count). The summed E-state index contributed by atoms with van der Waals surface area (Å²) >= 11 is 0. The first-order chi connectivity index (χ1) is 6.59. The van der Waals surface area contributed by atoms with Crippen LogP contribution < -0.4 is 10.5 Å². The van der Waals surface area contributed by atoms with Crippen LogP contribution in [0.5, 0.6) is 5.75 Å². The molecule has 0 aliphatic rings. The predicted molar refractivity (Wildman–Crippen MR) is 59.7 cm³/mol. The number of ether oxygens (including phenoxy) is 1. The molecular weight excluding hydrogens is 174 g/mol. The van der Waals surface area contributed by atoms with E-state index in [0.29, 0.717) is 6.61 Å². The topological polar surface area (TPSA) is 35.2 Å². The molecule has 0 bridgehead atoms. The monoisotopic (exact) mass is 193 g/mol. The predicted octanol–water partition coefficient (Wildman–Crippen LogP) is 2.42. The number of aryl methyl sites for hydroxylation is 2. The van der Waals surface area contributed by atoms with Gasteiger partial charge in [0.2, 0.25) is 0 Å². The lowest BCUT2D eigenvalue weighted by Gasteiger charge is -2.09. The highest BCUT2D eigenvalue weighted by molar-refractivity contribution is 5.33. The maximum absolute atomic E-state index is 5.63. The van der Waals surface area contributed by atoms with E-state index in [1.807, 2.05) is 13.0 Å². The van der Waals surface area contributed by atoms with E-state index in [1.54, 1.807) is 0 Å². The molecule has 1 unspecified atom stereocenters. The molecule has 2 nitrogen and oxygen atoms in total. The van der Waals surface area contributed by atoms with Crippen molar-refractivity contribution in [3.8, 4) is 5.75 Å². The van der Waals surface area contributed by atoms with Gasteiger partial charge in [0.25, 0.3) is 0 Å². The molecule has 0 aliphatic heterocycles. The summed E-state index contributed by atoms with van der Waals surface area (Å²) in [6.45, 7) is 6.87. The maximum atomic E-state index is 5.63. The third kappa shape index (κ3) is 3.38. The zero-order chi connectivity index (χ0) is 10.6. The highest BCUT2D eigenvalue weighted by Crippen LogP contribution is 2.16. The van der Waals surface area contributed by atoms with Crippen LogP contribution in [0.25, 0.3) is 0 Å². The Balaban J connectivity index is 2.47. The molecule has 0 saturated heterocycles. The molecule has 0 saturated carbocycles. The summed E-state index contributed by atoms with van der Waals surface area (Å²) in [6.07, 6.45) is 0.896. The minimum Gasteiger partial charge on any atom is -0.494 e. The molecule has 1 aromatic rings. The Bertz CT molecular complexity index is 294. The van der Waals surface area contributed by atoms with Gasteiger partial charge in [-0.2, -0.15) is 0 Å². The Morgan fingerprint density at radius 3 is 2.57 bits per heavy atom. The Labute approximate surface area is 86.1 Å². The van der Waals surface area contributed by atoms with Crippen LogP contribution in [0.1, 0.15) is 24.5 Å². The van der Waals surface area contributed by atoms with E-state index < -0.39 is 0 Å². The molecule has 0 fully saturated rings. The fourth-order valence-electron chi connectivity index (χ4n) is 1.17. The Hall–Kier alpha value is -1.02. The number of nitrogens with two attached hydrogens (primary N) is 1. The molecule has 0 amide bonds. The van der Waals surface area contributed by atoms with Crippen LogP contribution >= 0.6 is 0 Å². The SMILES string of the molecule is Cc1ccc(OCCC(C)N)cc1C. The molecule has 0 aromatic heterocycles. The van der Waals surface area contributed by atoms with Gasteiger partial charge in [-0.1, -0.05) is 6.07 Å². The van der Waals surface area contributed by atoms with Crippen molar-refractivity contribution in [2.24, 2.45) is 5.73 Å². The molecule has 2 heteroatoms. The minimum absolute atomic E-state index is 0.210. The summed E-state index contributed by atoms with van der Waals surface area (Å²) in [5, 5.41) is 0. The summed E-state index contributed by atoms with van der Waals surface area (Å²) < 4.78 is 5.57. The minimum atomic E-state index is 0.210. The quantitative estimate of drug-likeness (QED) is 0.797. The summed E-state index contributed by atoms with van der Waals surface area (Å²) in [5.74, 6) is 0.939. The van der Waals surface area contributed by atoms with Gasteiger partial charge >= 0.3 is 0 Å². The van der Waals surface area contributed by atoms with Crippen LogP contribution in [0, 0.1) is 13.8 Å². The second-order valence-corrected chi connectivity index (χ2v) is 3.86. The van der Waals surface area contributed by atoms with E-state index in [0.717, 1.165) is 12.2 Å². The highest BCUT2D eigenvalue weighted by Gasteiger charge is 1.98. The van der Waals surface area contributed by atoms with Crippen molar-refractivity contribution in [2.45, 2.75) is 33.2 Å². The largest absolute Gasteiger partial charge is 0.494 e. The Kier molecular flexibility index (Phi) is 3.96. The normalized spacial score (nSPS) is 12.6. The number of hydrogen-bond acceptors (Lipinski definition) is 2. The van der Waals surface area contributed by atoms with Gasteiger partial charge in [-0.25, -0.2) is 0 Å². The van der Waals surface area contributed by atoms with Crippen molar-refractivity contribution in [2.75, 3.05) is 6.61 Å². The van der Waals surface area contributed by atoms with E-state index in [1.165, 1.54) is 11.1 Å².